The molecule has 0 fully saturated rings. The first-order valence-electron chi connectivity index (χ1n) is 7.85. The largest absolute Gasteiger partial charge is 0.495 e. The Bertz CT molecular complexity index is 1040. The van der Waals surface area contributed by atoms with Crippen LogP contribution in [0.1, 0.15) is 13.3 Å². The second kappa shape index (κ2) is 8.46. The van der Waals surface area contributed by atoms with Crippen molar-refractivity contribution in [2.75, 3.05) is 23.7 Å². The van der Waals surface area contributed by atoms with Gasteiger partial charge in [-0.05, 0) is 42.8 Å². The van der Waals surface area contributed by atoms with E-state index >= 15 is 0 Å². The lowest BCUT2D eigenvalue weighted by Gasteiger charge is -2.16. The Morgan fingerprint density at radius 2 is 1.78 bits per heavy atom. The van der Waals surface area contributed by atoms with Crippen molar-refractivity contribution >= 4 is 47.4 Å². The predicted molar refractivity (Wildman–Crippen MR) is 108 cm³/mol. The van der Waals surface area contributed by atoms with Crippen LogP contribution in [0.3, 0.4) is 0 Å². The van der Waals surface area contributed by atoms with Crippen LogP contribution in [0.4, 0.5) is 11.4 Å². The Morgan fingerprint density at radius 1 is 1.07 bits per heavy atom. The smallest absolute Gasteiger partial charge is 0.265 e. The summed E-state index contributed by atoms with van der Waals surface area (Å²) in [6.07, 6.45) is 0.794. The van der Waals surface area contributed by atoms with Crippen molar-refractivity contribution in [2.45, 2.75) is 23.1 Å². The molecule has 4 N–H and O–H groups in total. The van der Waals surface area contributed by atoms with Crippen LogP contribution in [0.2, 0.25) is 0 Å². The number of benzene rings is 2. The summed E-state index contributed by atoms with van der Waals surface area (Å²) in [6.45, 7) is 2.52. The van der Waals surface area contributed by atoms with Gasteiger partial charge in [-0.2, -0.15) is 0 Å². The number of sulfonamides is 2. The third-order valence-electron chi connectivity index (χ3n) is 3.54. The number of ether oxygens (including phenoxy) is 1. The molecule has 0 atom stereocenters. The third kappa shape index (κ3) is 5.34. The van der Waals surface area contributed by atoms with E-state index in [9.17, 15) is 16.8 Å². The average Bonchev–Trinajstić information content (AvgIpc) is 2.59. The maximum atomic E-state index is 12.9. The van der Waals surface area contributed by atoms with Gasteiger partial charge in [0.25, 0.3) is 10.0 Å². The van der Waals surface area contributed by atoms with Gasteiger partial charge in [0, 0.05) is 11.0 Å². The zero-order chi connectivity index (χ0) is 20.2. The van der Waals surface area contributed by atoms with Crippen LogP contribution in [0.5, 0.6) is 5.75 Å². The van der Waals surface area contributed by atoms with E-state index < -0.39 is 20.0 Å². The van der Waals surface area contributed by atoms with E-state index in [0.29, 0.717) is 16.7 Å². The van der Waals surface area contributed by atoms with Gasteiger partial charge < -0.3 is 10.1 Å². The van der Waals surface area contributed by atoms with Gasteiger partial charge in [0.05, 0.1) is 23.4 Å². The van der Waals surface area contributed by atoms with Gasteiger partial charge in [-0.15, -0.1) is 0 Å². The fourth-order valence-electron chi connectivity index (χ4n) is 2.26. The highest BCUT2D eigenvalue weighted by Gasteiger charge is 2.22. The van der Waals surface area contributed by atoms with Crippen molar-refractivity contribution in [1.82, 2.24) is 0 Å². The second-order valence-corrected chi connectivity index (χ2v) is 9.71. The molecule has 0 saturated carbocycles. The van der Waals surface area contributed by atoms with Crippen molar-refractivity contribution in [3.63, 3.8) is 0 Å². The standard InChI is InChI=1S/C16H20BrN3O5S2/c1-3-8-19-13-6-5-12(26(18,21)22)10-14(13)20-27(23,24)16-9-11(17)4-7-15(16)25-2/h4-7,9-10,19-20H,3,8H2,1-2H3,(H2,18,21,22). The maximum Gasteiger partial charge on any atom is 0.265 e. The van der Waals surface area contributed by atoms with Crippen LogP contribution in [-0.4, -0.2) is 30.5 Å². The third-order valence-corrected chi connectivity index (χ3v) is 6.34. The molecule has 0 aliphatic carbocycles. The summed E-state index contributed by atoms with van der Waals surface area (Å²) < 4.78 is 57.2. The SMILES string of the molecule is CCCNc1ccc(S(N)(=O)=O)cc1NS(=O)(=O)c1cc(Br)ccc1OC. The molecule has 2 aromatic rings. The van der Waals surface area contributed by atoms with E-state index in [4.69, 9.17) is 9.88 Å². The van der Waals surface area contributed by atoms with Crippen LogP contribution in [0.25, 0.3) is 0 Å². The lowest BCUT2D eigenvalue weighted by atomic mass is 10.2. The number of anilines is 2. The maximum absolute atomic E-state index is 12.9. The van der Waals surface area contributed by atoms with Crippen LogP contribution < -0.4 is 19.9 Å². The number of hydrogen-bond acceptors (Lipinski definition) is 6. The number of nitrogens with two attached hydrogens (primary N) is 1. The predicted octanol–water partition coefficient (Wildman–Crippen LogP) is 2.73. The van der Waals surface area contributed by atoms with Gasteiger partial charge in [-0.1, -0.05) is 22.9 Å². The van der Waals surface area contributed by atoms with Crippen molar-refractivity contribution in [2.24, 2.45) is 5.14 Å². The summed E-state index contributed by atoms with van der Waals surface area (Å²) >= 11 is 3.23. The molecule has 0 bridgehead atoms. The molecule has 0 aromatic heterocycles. The molecule has 0 spiro atoms. The molecule has 0 amide bonds. The van der Waals surface area contributed by atoms with Crippen molar-refractivity contribution in [3.05, 3.63) is 40.9 Å². The Morgan fingerprint density at radius 3 is 2.37 bits per heavy atom. The van der Waals surface area contributed by atoms with E-state index in [-0.39, 0.29) is 21.2 Å². The van der Waals surface area contributed by atoms with E-state index in [0.717, 1.165) is 6.42 Å². The summed E-state index contributed by atoms with van der Waals surface area (Å²) in [4.78, 5) is -0.301. The summed E-state index contributed by atoms with van der Waals surface area (Å²) in [5, 5.41) is 8.22. The number of hydrogen-bond donors (Lipinski definition) is 3. The van der Waals surface area contributed by atoms with Gasteiger partial charge in [0.2, 0.25) is 10.0 Å². The van der Waals surface area contributed by atoms with Crippen molar-refractivity contribution in [3.8, 4) is 5.75 Å². The lowest BCUT2D eigenvalue weighted by molar-refractivity contribution is 0.403. The Labute approximate surface area is 167 Å². The highest BCUT2D eigenvalue weighted by molar-refractivity contribution is 9.10. The van der Waals surface area contributed by atoms with Crippen LogP contribution >= 0.6 is 15.9 Å². The molecule has 0 aliphatic heterocycles. The van der Waals surface area contributed by atoms with E-state index in [1.54, 1.807) is 6.07 Å². The molecule has 0 radical (unpaired) electrons. The minimum Gasteiger partial charge on any atom is -0.495 e. The van der Waals surface area contributed by atoms with Crippen molar-refractivity contribution in [1.29, 1.82) is 0 Å². The minimum atomic E-state index is -4.07. The molecule has 0 aliphatic rings. The number of nitrogens with one attached hydrogen (secondary N) is 2. The summed E-state index contributed by atoms with van der Waals surface area (Å²) in [6, 6.07) is 8.50. The topological polar surface area (TPSA) is 128 Å². The summed E-state index contributed by atoms with van der Waals surface area (Å²) in [5.74, 6) is 0.149. The average molecular weight is 478 g/mol. The summed E-state index contributed by atoms with van der Waals surface area (Å²) in [5.41, 5.74) is 0.499. The number of methoxy groups -OCH3 is 1. The lowest BCUT2D eigenvalue weighted by Crippen LogP contribution is -2.17. The molecule has 148 valence electrons. The highest BCUT2D eigenvalue weighted by Crippen LogP contribution is 2.32. The van der Waals surface area contributed by atoms with Crippen molar-refractivity contribution < 1.29 is 21.6 Å². The molecule has 0 heterocycles. The first-order chi connectivity index (χ1) is 12.6. The fourth-order valence-corrected chi connectivity index (χ4v) is 4.58. The monoisotopic (exact) mass is 477 g/mol. The number of rotatable bonds is 8. The quantitative estimate of drug-likeness (QED) is 0.536. The molecular weight excluding hydrogens is 458 g/mol. The number of primary sulfonamides is 1. The Hall–Kier alpha value is -1.82. The Balaban J connectivity index is 2.55. The molecule has 8 nitrogen and oxygen atoms in total. The summed E-state index contributed by atoms with van der Waals surface area (Å²) in [7, 11) is -6.71. The molecule has 11 heteroatoms. The number of halogens is 1. The van der Waals surface area contributed by atoms with Crippen LogP contribution in [0, 0.1) is 0 Å². The van der Waals surface area contributed by atoms with Gasteiger partial charge in [-0.25, -0.2) is 22.0 Å². The van der Waals surface area contributed by atoms with Gasteiger partial charge in [0.15, 0.2) is 0 Å². The molecule has 27 heavy (non-hydrogen) atoms. The van der Waals surface area contributed by atoms with Crippen LogP contribution in [-0.2, 0) is 20.0 Å². The van der Waals surface area contributed by atoms with Crippen LogP contribution in [0.15, 0.2) is 50.7 Å². The van der Waals surface area contributed by atoms with E-state index in [1.807, 2.05) is 6.92 Å². The zero-order valence-electron chi connectivity index (χ0n) is 14.7. The molecular formula is C16H20BrN3O5S2. The zero-order valence-corrected chi connectivity index (χ0v) is 17.9. The first kappa shape index (κ1) is 21.5. The second-order valence-electron chi connectivity index (χ2n) is 5.58. The molecule has 2 aromatic carbocycles. The minimum absolute atomic E-state index is 0.0667. The normalized spacial score (nSPS) is 11.9. The van der Waals surface area contributed by atoms with E-state index in [1.165, 1.54) is 37.4 Å². The fraction of sp³-hybridized carbons (Fsp3) is 0.250. The molecule has 2 rings (SSSR count). The van der Waals surface area contributed by atoms with Gasteiger partial charge in [0.1, 0.15) is 10.6 Å². The Kier molecular flexibility index (Phi) is 6.73. The molecule has 0 saturated heterocycles. The highest BCUT2D eigenvalue weighted by atomic mass is 79.9. The van der Waals surface area contributed by atoms with Gasteiger partial charge in [-0.3, -0.25) is 4.72 Å². The molecule has 0 unspecified atom stereocenters. The first-order valence-corrected chi connectivity index (χ1v) is 11.7. The van der Waals surface area contributed by atoms with E-state index in [2.05, 4.69) is 26.0 Å². The van der Waals surface area contributed by atoms with Gasteiger partial charge >= 0.3 is 0 Å².